The lowest BCUT2D eigenvalue weighted by atomic mass is 11.9. The maximum Gasteiger partial charge on any atom is 0.106 e. The molecule has 0 spiro atoms. The average molecular weight is 414 g/mol. The van der Waals surface area contributed by atoms with Gasteiger partial charge in [0.2, 0.25) is 0 Å². The fourth-order valence-corrected chi connectivity index (χ4v) is 271. The molecule has 1 rings (SSSR count). The van der Waals surface area contributed by atoms with Gasteiger partial charge in [0.05, 0.1) is 0 Å². The molecule has 0 aromatic heterocycles. The van der Waals surface area contributed by atoms with E-state index in [-0.39, 0.29) is 0 Å². The number of hydrogen-bond donors (Lipinski definition) is 0. The minimum absolute atomic E-state index is 0.999. The summed E-state index contributed by atoms with van der Waals surface area (Å²) < 4.78 is 0. The standard InChI is InChI=1S/C11H33BrSi6/c1-13(2)14(3,4)16(7,8)18(11,12)17(9,10)15(13,5)6/h1-11H3. The van der Waals surface area contributed by atoms with Crippen LogP contribution >= 0.6 is 15.3 Å². The molecule has 1 fully saturated rings. The lowest BCUT2D eigenvalue weighted by Gasteiger charge is -2.71. The fourth-order valence-electron chi connectivity index (χ4n) is 4.30. The van der Waals surface area contributed by atoms with Crippen LogP contribution in [0.15, 0.2) is 0 Å². The molecule has 0 N–H and O–H groups in total. The van der Waals surface area contributed by atoms with Crippen molar-refractivity contribution in [3.63, 3.8) is 0 Å². The van der Waals surface area contributed by atoms with E-state index in [9.17, 15) is 0 Å². The summed E-state index contributed by atoms with van der Waals surface area (Å²) in [6.07, 6.45) is 0. The van der Waals surface area contributed by atoms with E-state index >= 15 is 0 Å². The van der Waals surface area contributed by atoms with Crippen LogP contribution < -0.4 is 0 Å². The summed E-state index contributed by atoms with van der Waals surface area (Å²) in [7, 11) is -5.14. The first-order valence-electron chi connectivity index (χ1n) is 7.19. The van der Waals surface area contributed by atoms with Gasteiger partial charge in [-0.05, 0) is 0 Å². The third-order valence-electron chi connectivity index (χ3n) is 8.60. The molecule has 0 atom stereocenters. The van der Waals surface area contributed by atoms with Gasteiger partial charge in [0, 0.05) is 35.5 Å². The molecule has 1 heterocycles. The Morgan fingerprint density at radius 1 is 0.389 bits per heavy atom. The van der Waals surface area contributed by atoms with Crippen LogP contribution in [0.5, 0.6) is 0 Å². The zero-order valence-electron chi connectivity index (χ0n) is 14.4. The lowest BCUT2D eigenvalue weighted by Crippen LogP contribution is -2.99. The van der Waals surface area contributed by atoms with Crippen molar-refractivity contribution in [2.75, 3.05) is 0 Å². The number of hydrogen-bond acceptors (Lipinski definition) is 0. The van der Waals surface area contributed by atoms with Gasteiger partial charge in [-0.1, -0.05) is 72.0 Å². The van der Waals surface area contributed by atoms with Gasteiger partial charge in [-0.15, -0.1) is 15.3 Å². The van der Waals surface area contributed by atoms with E-state index in [1.165, 1.54) is 0 Å². The minimum atomic E-state index is -1.16. The van der Waals surface area contributed by atoms with Crippen molar-refractivity contribution in [2.24, 2.45) is 0 Å². The van der Waals surface area contributed by atoms with E-state index in [1.807, 2.05) is 0 Å². The second-order valence-electron chi connectivity index (χ2n) is 9.13. The Morgan fingerprint density at radius 3 is 0.778 bits per heavy atom. The van der Waals surface area contributed by atoms with Crippen LogP contribution in [0.4, 0.5) is 0 Å². The quantitative estimate of drug-likeness (QED) is 0.388. The van der Waals surface area contributed by atoms with Crippen LogP contribution in [0.1, 0.15) is 0 Å². The van der Waals surface area contributed by atoms with E-state index in [2.05, 4.69) is 87.3 Å². The van der Waals surface area contributed by atoms with Crippen molar-refractivity contribution in [3.05, 3.63) is 0 Å². The second kappa shape index (κ2) is 4.16. The molecule has 1 aliphatic heterocycles. The largest absolute Gasteiger partial charge is 0.134 e. The van der Waals surface area contributed by atoms with Crippen LogP contribution in [-0.4, -0.2) is 41.3 Å². The molecule has 1 saturated heterocycles. The van der Waals surface area contributed by atoms with Crippen LogP contribution in [-0.2, 0) is 0 Å². The Kier molecular flexibility index (Phi) is 4.12. The van der Waals surface area contributed by atoms with Gasteiger partial charge in [-0.25, -0.2) is 0 Å². The zero-order chi connectivity index (χ0) is 15.0. The topological polar surface area (TPSA) is 0 Å². The van der Waals surface area contributed by atoms with E-state index in [0.29, 0.717) is 0 Å². The molecule has 0 aromatic carbocycles. The molecule has 0 nitrogen and oxygen atoms in total. The Labute approximate surface area is 128 Å². The highest BCUT2D eigenvalue weighted by Gasteiger charge is 2.76. The van der Waals surface area contributed by atoms with Crippen LogP contribution in [0.25, 0.3) is 0 Å². The van der Waals surface area contributed by atoms with Crippen LogP contribution in [0, 0.1) is 0 Å². The molecule has 108 valence electrons. The Balaban J connectivity index is 3.72. The van der Waals surface area contributed by atoms with E-state index in [1.54, 1.807) is 0 Å². The molecule has 0 aromatic rings. The van der Waals surface area contributed by atoms with Gasteiger partial charge in [0.1, 0.15) is 5.73 Å². The first kappa shape index (κ1) is 17.8. The SMILES string of the molecule is C[Si]1(C)[Si](C)(C)[Si](C)(C)[Si](C)(Br)[Si](C)(C)[Si]1(C)C. The second-order valence-corrected chi connectivity index (χ2v) is 89.0. The molecule has 0 aliphatic carbocycles. The van der Waals surface area contributed by atoms with Crippen molar-refractivity contribution in [3.8, 4) is 0 Å². The molecular weight excluding hydrogens is 381 g/mol. The van der Waals surface area contributed by atoms with Gasteiger partial charge in [-0.3, -0.25) is 0 Å². The molecule has 0 radical (unpaired) electrons. The maximum absolute atomic E-state index is 4.49. The summed E-state index contributed by atoms with van der Waals surface area (Å²) in [6, 6.07) is 0. The summed E-state index contributed by atoms with van der Waals surface area (Å²) >= 11 is 4.49. The van der Waals surface area contributed by atoms with Crippen molar-refractivity contribution >= 4 is 56.6 Å². The predicted molar refractivity (Wildman–Crippen MR) is 108 cm³/mol. The Hall–Kier alpha value is 1.78. The van der Waals surface area contributed by atoms with Gasteiger partial charge >= 0.3 is 0 Å². The normalized spacial score (nSPS) is 34.0. The Bertz CT molecular complexity index is 253. The first-order valence-corrected chi connectivity index (χ1v) is 32.9. The van der Waals surface area contributed by atoms with E-state index in [4.69, 9.17) is 0 Å². The molecule has 0 saturated carbocycles. The molecular formula is C11H33BrSi6. The number of rotatable bonds is 0. The van der Waals surface area contributed by atoms with Crippen LogP contribution in [0.2, 0.25) is 72.0 Å². The van der Waals surface area contributed by atoms with Crippen molar-refractivity contribution in [2.45, 2.75) is 72.0 Å². The van der Waals surface area contributed by atoms with E-state index in [0.717, 1.165) is 0 Å². The van der Waals surface area contributed by atoms with Gasteiger partial charge < -0.3 is 0 Å². The zero-order valence-corrected chi connectivity index (χ0v) is 22.0. The summed E-state index contributed by atoms with van der Waals surface area (Å²) in [5.74, 6) is 0. The highest BCUT2D eigenvalue weighted by Crippen LogP contribution is 2.53. The lowest BCUT2D eigenvalue weighted by molar-refractivity contribution is 1.75. The summed E-state index contributed by atoms with van der Waals surface area (Å²) in [5, 5.41) is 0. The van der Waals surface area contributed by atoms with Crippen LogP contribution in [0.3, 0.4) is 0 Å². The highest BCUT2D eigenvalue weighted by molar-refractivity contribution is 9.30. The molecule has 1 aliphatic rings. The number of halogens is 1. The highest BCUT2D eigenvalue weighted by atomic mass is 79.9. The fraction of sp³-hybridized carbons (Fsp3) is 1.00. The van der Waals surface area contributed by atoms with Crippen molar-refractivity contribution < 1.29 is 0 Å². The average Bonchev–Trinajstić information content (AvgIpc) is 2.14. The summed E-state index contributed by atoms with van der Waals surface area (Å²) in [5.41, 5.74) is -1.16. The van der Waals surface area contributed by atoms with E-state index < -0.39 is 41.3 Å². The monoisotopic (exact) mass is 412 g/mol. The van der Waals surface area contributed by atoms with Gasteiger partial charge in [0.25, 0.3) is 0 Å². The van der Waals surface area contributed by atoms with Crippen molar-refractivity contribution in [1.82, 2.24) is 0 Å². The van der Waals surface area contributed by atoms with Gasteiger partial charge in [0.15, 0.2) is 0 Å². The third-order valence-corrected chi connectivity index (χ3v) is 181. The summed E-state index contributed by atoms with van der Waals surface area (Å²) in [4.78, 5) is 0. The van der Waals surface area contributed by atoms with Gasteiger partial charge in [-0.2, -0.15) is 0 Å². The molecule has 0 bridgehead atoms. The molecule has 18 heavy (non-hydrogen) atoms. The third kappa shape index (κ3) is 1.61. The predicted octanol–water partition coefficient (Wildman–Crippen LogP) is 4.98. The molecule has 7 heteroatoms. The molecule has 0 amide bonds. The molecule has 0 unspecified atom stereocenters. The summed E-state index contributed by atoms with van der Waals surface area (Å²) in [6.45, 7) is 30.7. The first-order chi connectivity index (χ1) is 7.50. The smallest absolute Gasteiger partial charge is 0.106 e. The van der Waals surface area contributed by atoms with Crippen molar-refractivity contribution in [1.29, 1.82) is 0 Å². The minimum Gasteiger partial charge on any atom is -0.134 e. The maximum atomic E-state index is 4.49. The Morgan fingerprint density at radius 2 is 0.556 bits per heavy atom.